The van der Waals surface area contributed by atoms with Crippen molar-refractivity contribution in [3.05, 3.63) is 277 Å². The fraction of sp³-hybridized carbons (Fsp3) is 0.0164. The van der Waals surface area contributed by atoms with Gasteiger partial charge < -0.3 is 9.80 Å². The van der Waals surface area contributed by atoms with Crippen molar-refractivity contribution >= 4 is 34.1 Å². The Bertz CT molecular complexity index is 3370. The lowest BCUT2D eigenvalue weighted by Gasteiger charge is -2.32. The Morgan fingerprint density at radius 1 is 0.254 bits per heavy atom. The normalized spacial score (nSPS) is 13.5. The molecule has 0 aromatic heterocycles. The molecule has 296 valence electrons. The summed E-state index contributed by atoms with van der Waals surface area (Å²) in [6, 6.07) is 79.2. The van der Waals surface area contributed by atoms with E-state index in [0.29, 0.717) is 11.1 Å². The molecule has 0 N–H and O–H groups in total. The minimum absolute atomic E-state index is 0.0789. The zero-order valence-corrected chi connectivity index (χ0v) is 34.3. The van der Waals surface area contributed by atoms with Crippen LogP contribution >= 0.6 is 0 Å². The highest BCUT2D eigenvalue weighted by Crippen LogP contribution is 2.63. The van der Waals surface area contributed by atoms with Crippen molar-refractivity contribution in [1.29, 1.82) is 0 Å². The summed E-state index contributed by atoms with van der Waals surface area (Å²) in [5, 5.41) is 0. The van der Waals surface area contributed by atoms with Gasteiger partial charge in [0.15, 0.2) is 0 Å². The van der Waals surface area contributed by atoms with E-state index in [2.05, 4.69) is 137 Å². The molecule has 10 aromatic carbocycles. The number of anilines is 6. The van der Waals surface area contributed by atoms with Gasteiger partial charge in [-0.25, -0.2) is 0 Å². The minimum atomic E-state index is -0.489. The molecule has 0 unspecified atom stereocenters. The minimum Gasteiger partial charge on any atom is -0.311 e. The van der Waals surface area contributed by atoms with Crippen LogP contribution in [0.25, 0.3) is 44.5 Å². The van der Waals surface area contributed by atoms with Crippen molar-refractivity contribution < 1.29 is 5.48 Å². The van der Waals surface area contributed by atoms with Gasteiger partial charge in [-0.15, -0.1) is 0 Å². The Morgan fingerprint density at radius 3 is 0.952 bits per heavy atom. The van der Waals surface area contributed by atoms with Crippen LogP contribution in [0.2, 0.25) is 0 Å². The van der Waals surface area contributed by atoms with Crippen LogP contribution in [-0.4, -0.2) is 0 Å². The predicted octanol–water partition coefficient (Wildman–Crippen LogP) is 16.3. The summed E-state index contributed by atoms with van der Waals surface area (Å²) in [5.41, 5.74) is 17.2. The smallest absolute Gasteiger partial charge is 0.0726 e. The SMILES string of the molecule is [2H]c1c([2H])c(-c2ccc(N(c3ccccc3)c3ccc4c(c3)C3(c5ccccc5-c5ccccc53)c3ccccc3-4)cc2)c([2H])c([2H])c1-c1ccc(N(c2ccccc2)c2ccccc2)cc1. The van der Waals surface area contributed by atoms with Crippen LogP contribution in [0.15, 0.2) is 255 Å². The average Bonchev–Trinajstić information content (AvgIpc) is 3.85. The fourth-order valence-electron chi connectivity index (χ4n) is 10.0. The molecule has 0 saturated heterocycles. The van der Waals surface area contributed by atoms with E-state index in [1.54, 1.807) is 0 Å². The summed E-state index contributed by atoms with van der Waals surface area (Å²) in [4.78, 5) is 4.41. The number of nitrogens with zero attached hydrogens (tertiary/aromatic N) is 2. The highest BCUT2D eigenvalue weighted by atomic mass is 15.1. The van der Waals surface area contributed by atoms with Gasteiger partial charge in [-0.1, -0.05) is 182 Å². The molecule has 0 bridgehead atoms. The summed E-state index contributed by atoms with van der Waals surface area (Å²) >= 11 is 0. The third-order valence-corrected chi connectivity index (χ3v) is 12.7. The largest absolute Gasteiger partial charge is 0.311 e. The van der Waals surface area contributed by atoms with Gasteiger partial charge in [0, 0.05) is 34.1 Å². The molecule has 0 fully saturated rings. The van der Waals surface area contributed by atoms with E-state index in [1.165, 1.54) is 44.5 Å². The molecule has 0 amide bonds. The molecule has 10 aromatic rings. The number of rotatable bonds is 8. The van der Waals surface area contributed by atoms with Crippen molar-refractivity contribution in [2.75, 3.05) is 9.80 Å². The maximum absolute atomic E-state index is 9.30. The third-order valence-electron chi connectivity index (χ3n) is 12.7. The first-order valence-electron chi connectivity index (χ1n) is 23.4. The van der Waals surface area contributed by atoms with Crippen LogP contribution < -0.4 is 9.80 Å². The molecule has 12 rings (SSSR count). The Kier molecular flexibility index (Phi) is 7.78. The van der Waals surface area contributed by atoms with Crippen molar-refractivity contribution in [2.45, 2.75) is 5.41 Å². The van der Waals surface area contributed by atoms with Gasteiger partial charge in [0.1, 0.15) is 0 Å². The number of para-hydroxylation sites is 3. The molecule has 2 aliphatic rings. The van der Waals surface area contributed by atoms with Gasteiger partial charge in [0.25, 0.3) is 0 Å². The van der Waals surface area contributed by atoms with E-state index < -0.39 is 5.41 Å². The van der Waals surface area contributed by atoms with Crippen LogP contribution in [0.3, 0.4) is 0 Å². The molecule has 2 nitrogen and oxygen atoms in total. The van der Waals surface area contributed by atoms with Crippen LogP contribution in [0.1, 0.15) is 27.7 Å². The van der Waals surface area contributed by atoms with E-state index in [-0.39, 0.29) is 35.3 Å². The first-order chi connectivity index (χ1) is 32.9. The summed E-state index contributed by atoms with van der Waals surface area (Å²) < 4.78 is 37.1. The molecule has 0 aliphatic heterocycles. The zero-order chi connectivity index (χ0) is 45.2. The van der Waals surface area contributed by atoms with Gasteiger partial charge in [-0.2, -0.15) is 0 Å². The van der Waals surface area contributed by atoms with Crippen molar-refractivity contribution in [2.24, 2.45) is 0 Å². The molecule has 0 heterocycles. The predicted molar refractivity (Wildman–Crippen MR) is 263 cm³/mol. The van der Waals surface area contributed by atoms with Crippen LogP contribution in [0, 0.1) is 0 Å². The summed E-state index contributed by atoms with van der Waals surface area (Å²) in [5.74, 6) is 0. The quantitative estimate of drug-likeness (QED) is 0.151. The second-order valence-electron chi connectivity index (χ2n) is 16.1. The van der Waals surface area contributed by atoms with Gasteiger partial charge in [-0.3, -0.25) is 0 Å². The first-order valence-corrected chi connectivity index (χ1v) is 21.4. The first kappa shape index (κ1) is 32.6. The van der Waals surface area contributed by atoms with Gasteiger partial charge in [0.2, 0.25) is 0 Å². The summed E-state index contributed by atoms with van der Waals surface area (Å²) in [6.45, 7) is 0. The van der Waals surface area contributed by atoms with Crippen LogP contribution in [0.4, 0.5) is 34.1 Å². The number of hydrogen-bond donors (Lipinski definition) is 0. The molecule has 0 radical (unpaired) electrons. The van der Waals surface area contributed by atoms with Gasteiger partial charge in [0.05, 0.1) is 10.9 Å². The van der Waals surface area contributed by atoms with Crippen LogP contribution in [-0.2, 0) is 5.41 Å². The molecule has 0 atom stereocenters. The topological polar surface area (TPSA) is 6.48 Å². The maximum atomic E-state index is 9.30. The van der Waals surface area contributed by atoms with E-state index in [0.717, 1.165) is 34.1 Å². The summed E-state index contributed by atoms with van der Waals surface area (Å²) in [6.07, 6.45) is 0. The van der Waals surface area contributed by atoms with Crippen LogP contribution in [0.5, 0.6) is 0 Å². The van der Waals surface area contributed by atoms with Crippen molar-refractivity contribution in [3.63, 3.8) is 0 Å². The van der Waals surface area contributed by atoms with E-state index in [1.807, 2.05) is 103 Å². The monoisotopic (exact) mass is 806 g/mol. The number of fused-ring (bicyclic) bond motifs is 10. The Balaban J connectivity index is 0.929. The van der Waals surface area contributed by atoms with Gasteiger partial charge in [-0.05, 0) is 140 Å². The molecule has 2 heteroatoms. The maximum Gasteiger partial charge on any atom is 0.0726 e. The number of hydrogen-bond acceptors (Lipinski definition) is 2. The standard InChI is InChI=1S/C61H42N2/c1-4-16-47(17-5-1)62(48-18-6-2-7-19-48)50-36-32-45(33-37-50)43-28-30-44(31-29-43)46-34-38-51(39-35-46)63(49-20-8-3-9-21-49)52-40-41-56-55-24-12-15-27-59(55)61(60(56)42-52)57-25-13-10-22-53(57)54-23-11-14-26-58(54)61/h1-42H/i28D,29D,30D,31D. The van der Waals surface area contributed by atoms with Crippen molar-refractivity contribution in [3.8, 4) is 44.5 Å². The zero-order valence-electron chi connectivity index (χ0n) is 38.3. The molecule has 63 heavy (non-hydrogen) atoms. The summed E-state index contributed by atoms with van der Waals surface area (Å²) in [7, 11) is 0. The second-order valence-corrected chi connectivity index (χ2v) is 16.1. The second kappa shape index (κ2) is 15.1. The van der Waals surface area contributed by atoms with Crippen molar-refractivity contribution in [1.82, 2.24) is 0 Å². The highest BCUT2D eigenvalue weighted by Gasteiger charge is 2.51. The lowest BCUT2D eigenvalue weighted by Crippen LogP contribution is -2.26. The Hall–Kier alpha value is -8.20. The third kappa shape index (κ3) is 5.95. The number of benzene rings is 10. The molecular formula is C61H42N2. The van der Waals surface area contributed by atoms with E-state index in [9.17, 15) is 5.48 Å². The lowest BCUT2D eigenvalue weighted by molar-refractivity contribution is 0.793. The lowest BCUT2D eigenvalue weighted by atomic mass is 9.70. The Labute approximate surface area is 374 Å². The van der Waals surface area contributed by atoms with Gasteiger partial charge >= 0.3 is 0 Å². The fourth-order valence-corrected chi connectivity index (χ4v) is 10.0. The van der Waals surface area contributed by atoms with E-state index in [4.69, 9.17) is 0 Å². The molecule has 2 aliphatic carbocycles. The Morgan fingerprint density at radius 2 is 0.556 bits per heavy atom. The molecule has 1 spiro atoms. The molecular weight excluding hydrogens is 761 g/mol. The average molecular weight is 807 g/mol. The highest BCUT2D eigenvalue weighted by molar-refractivity contribution is 5.96. The molecule has 0 saturated carbocycles. The van der Waals surface area contributed by atoms with E-state index >= 15 is 0 Å².